The summed E-state index contributed by atoms with van der Waals surface area (Å²) >= 11 is 0. The van der Waals surface area contributed by atoms with E-state index in [2.05, 4.69) is 9.97 Å². The molecule has 1 aliphatic carbocycles. The monoisotopic (exact) mass is 265 g/mol. The number of nitrogens with two attached hydrogens (primary N) is 1. The van der Waals surface area contributed by atoms with Crippen molar-refractivity contribution in [3.05, 3.63) is 17.6 Å². The van der Waals surface area contributed by atoms with Crippen LogP contribution in [0.2, 0.25) is 0 Å². The number of carbonyl (C=O) groups is 1. The second kappa shape index (κ2) is 5.52. The minimum atomic E-state index is -0.496. The molecule has 0 saturated heterocycles. The second-order valence-corrected chi connectivity index (χ2v) is 4.62. The molecule has 1 fully saturated rings. The van der Waals surface area contributed by atoms with Crippen molar-refractivity contribution in [2.24, 2.45) is 0 Å². The molecule has 0 amide bonds. The molecule has 104 valence electrons. The van der Waals surface area contributed by atoms with Gasteiger partial charge in [-0.3, -0.25) is 0 Å². The highest BCUT2D eigenvalue weighted by Crippen LogP contribution is 2.40. The highest BCUT2D eigenvalue weighted by atomic mass is 16.5. The summed E-state index contributed by atoms with van der Waals surface area (Å²) in [5.74, 6) is 0.203. The van der Waals surface area contributed by atoms with Crippen molar-refractivity contribution >= 4 is 11.8 Å². The quantitative estimate of drug-likeness (QED) is 0.833. The Hall–Kier alpha value is -1.69. The maximum absolute atomic E-state index is 11.6. The molecule has 2 N–H and O–H groups in total. The summed E-state index contributed by atoms with van der Waals surface area (Å²) in [6, 6.07) is 0. The lowest BCUT2D eigenvalue weighted by molar-refractivity contribution is -0.0162. The Kier molecular flexibility index (Phi) is 3.99. The van der Waals surface area contributed by atoms with Gasteiger partial charge in [0.2, 0.25) is 0 Å². The van der Waals surface area contributed by atoms with Gasteiger partial charge in [0.05, 0.1) is 6.61 Å². The van der Waals surface area contributed by atoms with Gasteiger partial charge < -0.3 is 15.2 Å². The number of rotatable bonds is 4. The van der Waals surface area contributed by atoms with Crippen molar-refractivity contribution in [1.29, 1.82) is 0 Å². The molecule has 19 heavy (non-hydrogen) atoms. The van der Waals surface area contributed by atoms with Crippen LogP contribution in [0.1, 0.15) is 48.8 Å². The van der Waals surface area contributed by atoms with E-state index >= 15 is 0 Å². The predicted octanol–water partition coefficient (Wildman–Crippen LogP) is 1.65. The number of anilines is 1. The maximum Gasteiger partial charge on any atom is 0.343 e. The molecule has 0 unspecified atom stereocenters. The van der Waals surface area contributed by atoms with Crippen LogP contribution in [0.3, 0.4) is 0 Å². The molecule has 0 spiro atoms. The minimum Gasteiger partial charge on any atom is -0.462 e. The van der Waals surface area contributed by atoms with Crippen LogP contribution in [-0.4, -0.2) is 29.7 Å². The van der Waals surface area contributed by atoms with E-state index in [1.54, 1.807) is 14.0 Å². The van der Waals surface area contributed by atoms with E-state index in [1.807, 2.05) is 0 Å². The molecule has 1 saturated carbocycles. The van der Waals surface area contributed by atoms with Gasteiger partial charge in [-0.25, -0.2) is 14.8 Å². The second-order valence-electron chi connectivity index (χ2n) is 4.62. The van der Waals surface area contributed by atoms with E-state index in [0.29, 0.717) is 12.4 Å². The van der Waals surface area contributed by atoms with Crippen molar-refractivity contribution < 1.29 is 14.3 Å². The first-order valence-electron chi connectivity index (χ1n) is 6.48. The first-order valence-corrected chi connectivity index (χ1v) is 6.48. The summed E-state index contributed by atoms with van der Waals surface area (Å²) in [5.41, 5.74) is 5.57. The molecule has 2 rings (SSSR count). The number of carbonyl (C=O) groups excluding carboxylic acids is 1. The van der Waals surface area contributed by atoms with Crippen molar-refractivity contribution in [3.63, 3.8) is 0 Å². The van der Waals surface area contributed by atoms with Crippen molar-refractivity contribution in [3.8, 4) is 0 Å². The first kappa shape index (κ1) is 13.7. The average molecular weight is 265 g/mol. The molecular formula is C13H19N3O3. The Morgan fingerprint density at radius 1 is 1.47 bits per heavy atom. The summed E-state index contributed by atoms with van der Waals surface area (Å²) in [6.07, 6.45) is 5.34. The maximum atomic E-state index is 11.6. The fraction of sp³-hybridized carbons (Fsp3) is 0.615. The van der Waals surface area contributed by atoms with Crippen LogP contribution in [0.5, 0.6) is 0 Å². The largest absolute Gasteiger partial charge is 0.462 e. The van der Waals surface area contributed by atoms with Crippen molar-refractivity contribution in [2.45, 2.75) is 38.2 Å². The van der Waals surface area contributed by atoms with Crippen molar-refractivity contribution in [1.82, 2.24) is 9.97 Å². The summed E-state index contributed by atoms with van der Waals surface area (Å²) < 4.78 is 10.5. The molecule has 0 radical (unpaired) electrons. The van der Waals surface area contributed by atoms with Crippen LogP contribution in [-0.2, 0) is 15.1 Å². The fourth-order valence-corrected chi connectivity index (χ4v) is 2.45. The third kappa shape index (κ3) is 2.53. The molecule has 6 heteroatoms. The Morgan fingerprint density at radius 3 is 2.68 bits per heavy atom. The summed E-state index contributed by atoms with van der Waals surface area (Å²) in [6.45, 7) is 2.03. The molecule has 1 heterocycles. The van der Waals surface area contributed by atoms with Gasteiger partial charge in [0.25, 0.3) is 0 Å². The summed E-state index contributed by atoms with van der Waals surface area (Å²) in [7, 11) is 1.66. The van der Waals surface area contributed by atoms with Gasteiger partial charge in [-0.15, -0.1) is 0 Å². The Labute approximate surface area is 112 Å². The number of nitrogens with zero attached hydrogens (tertiary/aromatic N) is 2. The molecule has 1 aromatic rings. The Morgan fingerprint density at radius 2 is 2.16 bits per heavy atom. The van der Waals surface area contributed by atoms with Crippen LogP contribution in [0.25, 0.3) is 0 Å². The van der Waals surface area contributed by atoms with E-state index in [4.69, 9.17) is 15.2 Å². The average Bonchev–Trinajstić information content (AvgIpc) is 2.88. The lowest BCUT2D eigenvalue weighted by atomic mass is 10.0. The normalized spacial score (nSPS) is 17.4. The topological polar surface area (TPSA) is 87.3 Å². The zero-order valence-corrected chi connectivity index (χ0v) is 11.3. The Balaban J connectivity index is 2.30. The summed E-state index contributed by atoms with van der Waals surface area (Å²) in [4.78, 5) is 20.1. The predicted molar refractivity (Wildman–Crippen MR) is 69.6 cm³/mol. The van der Waals surface area contributed by atoms with Gasteiger partial charge in [-0.1, -0.05) is 0 Å². The number of aromatic nitrogens is 2. The minimum absolute atomic E-state index is 0.145. The molecule has 0 aliphatic heterocycles. The lowest BCUT2D eigenvalue weighted by Crippen LogP contribution is -2.28. The van der Waals surface area contributed by atoms with E-state index in [1.165, 1.54) is 6.20 Å². The molecule has 1 aromatic heterocycles. The third-order valence-corrected chi connectivity index (χ3v) is 3.52. The first-order chi connectivity index (χ1) is 9.13. The molecule has 0 aromatic carbocycles. The van der Waals surface area contributed by atoms with Crippen LogP contribution in [0.15, 0.2) is 6.20 Å². The number of ether oxygens (including phenoxy) is 2. The fourth-order valence-electron chi connectivity index (χ4n) is 2.45. The molecule has 6 nitrogen and oxygen atoms in total. The highest BCUT2D eigenvalue weighted by Gasteiger charge is 2.39. The SMILES string of the molecule is CCOC(=O)c1cnc(C2(OC)CCCC2)nc1N. The number of hydrogen-bond donors (Lipinski definition) is 1. The number of esters is 1. The van der Waals surface area contributed by atoms with Gasteiger partial charge in [0.1, 0.15) is 17.0 Å². The molecule has 1 aliphatic rings. The Bertz CT molecular complexity index is 470. The number of nitrogen functional groups attached to an aromatic ring is 1. The van der Waals surface area contributed by atoms with E-state index < -0.39 is 11.6 Å². The highest BCUT2D eigenvalue weighted by molar-refractivity contribution is 5.93. The van der Waals surface area contributed by atoms with Gasteiger partial charge in [-0.2, -0.15) is 0 Å². The lowest BCUT2D eigenvalue weighted by Gasteiger charge is -2.25. The molecule has 0 bridgehead atoms. The van der Waals surface area contributed by atoms with Gasteiger partial charge in [0, 0.05) is 13.3 Å². The van der Waals surface area contributed by atoms with Crippen LogP contribution in [0.4, 0.5) is 5.82 Å². The van der Waals surface area contributed by atoms with Gasteiger partial charge in [0.15, 0.2) is 5.82 Å². The van der Waals surface area contributed by atoms with E-state index in [9.17, 15) is 4.79 Å². The third-order valence-electron chi connectivity index (χ3n) is 3.52. The van der Waals surface area contributed by atoms with Gasteiger partial charge in [-0.05, 0) is 32.6 Å². The van der Waals surface area contributed by atoms with Crippen LogP contribution >= 0.6 is 0 Å². The van der Waals surface area contributed by atoms with Crippen LogP contribution < -0.4 is 5.73 Å². The standard InChI is InChI=1S/C13H19N3O3/c1-3-19-11(17)9-8-15-12(16-10(9)14)13(18-2)6-4-5-7-13/h8H,3-7H2,1-2H3,(H2,14,15,16). The molecular weight excluding hydrogens is 246 g/mol. The van der Waals surface area contributed by atoms with Crippen molar-refractivity contribution in [2.75, 3.05) is 19.5 Å². The zero-order valence-electron chi connectivity index (χ0n) is 11.3. The summed E-state index contributed by atoms with van der Waals surface area (Å²) in [5, 5.41) is 0. The smallest absolute Gasteiger partial charge is 0.343 e. The zero-order chi connectivity index (χ0) is 13.9. The van der Waals surface area contributed by atoms with Gasteiger partial charge >= 0.3 is 5.97 Å². The number of methoxy groups -OCH3 is 1. The van der Waals surface area contributed by atoms with E-state index in [-0.39, 0.29) is 11.4 Å². The molecule has 0 atom stereocenters. The van der Waals surface area contributed by atoms with E-state index in [0.717, 1.165) is 25.7 Å². The number of hydrogen-bond acceptors (Lipinski definition) is 6. The van der Waals surface area contributed by atoms with Crippen LogP contribution in [0, 0.1) is 0 Å².